The number of aliphatic hydroxyl groups is 1. The van der Waals surface area contributed by atoms with Crippen molar-refractivity contribution in [3.8, 4) is 5.75 Å². The topological polar surface area (TPSA) is 109 Å². The third kappa shape index (κ3) is 4.53. The van der Waals surface area contributed by atoms with Gasteiger partial charge in [0.15, 0.2) is 0 Å². The minimum absolute atomic E-state index is 0.00582. The molecular formula is C17H18N2O5. The maximum atomic E-state index is 11.8. The third-order valence-electron chi connectivity index (χ3n) is 3.23. The Balaban J connectivity index is 2.29. The van der Waals surface area contributed by atoms with E-state index in [1.807, 2.05) is 6.07 Å². The van der Waals surface area contributed by atoms with Gasteiger partial charge in [0.2, 0.25) is 0 Å². The van der Waals surface area contributed by atoms with Gasteiger partial charge < -0.3 is 20.3 Å². The SMILES string of the molecule is CNC(=O)c1cc(C(=O)O)cc(Cc2cccc(OCCO)c2)n1. The van der Waals surface area contributed by atoms with E-state index in [9.17, 15) is 14.7 Å². The Morgan fingerprint density at radius 2 is 2.04 bits per heavy atom. The summed E-state index contributed by atoms with van der Waals surface area (Å²) in [4.78, 5) is 27.2. The normalized spacial score (nSPS) is 10.2. The van der Waals surface area contributed by atoms with E-state index >= 15 is 0 Å². The quantitative estimate of drug-likeness (QED) is 0.701. The number of carbonyl (C=O) groups is 2. The summed E-state index contributed by atoms with van der Waals surface area (Å²) in [6.45, 7) is 0.110. The zero-order valence-electron chi connectivity index (χ0n) is 13.2. The molecular weight excluding hydrogens is 312 g/mol. The second-order valence-corrected chi connectivity index (χ2v) is 5.01. The summed E-state index contributed by atoms with van der Waals surface area (Å²) < 4.78 is 5.35. The Kier molecular flexibility index (Phi) is 5.86. The number of ether oxygens (including phenoxy) is 1. The molecule has 7 nitrogen and oxygen atoms in total. The highest BCUT2D eigenvalue weighted by Crippen LogP contribution is 2.17. The lowest BCUT2D eigenvalue weighted by molar-refractivity contribution is 0.0696. The number of hydrogen-bond acceptors (Lipinski definition) is 5. The van der Waals surface area contributed by atoms with Crippen LogP contribution in [0.4, 0.5) is 0 Å². The monoisotopic (exact) mass is 330 g/mol. The molecule has 1 heterocycles. The van der Waals surface area contributed by atoms with Gasteiger partial charge in [0.1, 0.15) is 18.1 Å². The van der Waals surface area contributed by atoms with Gasteiger partial charge in [-0.2, -0.15) is 0 Å². The van der Waals surface area contributed by atoms with E-state index in [0.29, 0.717) is 17.9 Å². The van der Waals surface area contributed by atoms with Crippen LogP contribution in [0.5, 0.6) is 5.75 Å². The van der Waals surface area contributed by atoms with Gasteiger partial charge >= 0.3 is 5.97 Å². The Hall–Kier alpha value is -2.93. The molecule has 0 bridgehead atoms. The van der Waals surface area contributed by atoms with E-state index in [1.165, 1.54) is 19.2 Å². The molecule has 0 aliphatic carbocycles. The summed E-state index contributed by atoms with van der Waals surface area (Å²) >= 11 is 0. The Morgan fingerprint density at radius 3 is 2.71 bits per heavy atom. The number of nitrogens with one attached hydrogen (secondary N) is 1. The molecule has 0 saturated carbocycles. The highest BCUT2D eigenvalue weighted by atomic mass is 16.5. The van der Waals surface area contributed by atoms with Gasteiger partial charge in [0, 0.05) is 19.2 Å². The molecule has 0 unspecified atom stereocenters. The molecule has 7 heteroatoms. The second kappa shape index (κ2) is 8.07. The summed E-state index contributed by atoms with van der Waals surface area (Å²) in [6, 6.07) is 9.87. The number of carbonyl (C=O) groups excluding carboxylic acids is 1. The smallest absolute Gasteiger partial charge is 0.335 e. The van der Waals surface area contributed by atoms with Crippen molar-refractivity contribution in [2.75, 3.05) is 20.3 Å². The first-order valence-electron chi connectivity index (χ1n) is 7.32. The zero-order chi connectivity index (χ0) is 17.5. The summed E-state index contributed by atoms with van der Waals surface area (Å²) in [5, 5.41) is 20.4. The number of hydrogen-bond donors (Lipinski definition) is 3. The number of aromatic carboxylic acids is 1. The Labute approximate surface area is 138 Å². The lowest BCUT2D eigenvalue weighted by Gasteiger charge is -2.08. The first-order chi connectivity index (χ1) is 11.5. The Morgan fingerprint density at radius 1 is 1.25 bits per heavy atom. The second-order valence-electron chi connectivity index (χ2n) is 5.01. The predicted molar refractivity (Wildman–Crippen MR) is 86.4 cm³/mol. The van der Waals surface area contributed by atoms with Crippen molar-refractivity contribution in [2.24, 2.45) is 0 Å². The first-order valence-corrected chi connectivity index (χ1v) is 7.32. The van der Waals surface area contributed by atoms with Crippen LogP contribution in [0.25, 0.3) is 0 Å². The molecule has 1 aromatic carbocycles. The molecule has 0 atom stereocenters. The van der Waals surface area contributed by atoms with E-state index in [1.54, 1.807) is 18.2 Å². The summed E-state index contributed by atoms with van der Waals surface area (Å²) in [5.41, 5.74) is 1.38. The average Bonchev–Trinajstić information content (AvgIpc) is 2.59. The average molecular weight is 330 g/mol. The van der Waals surface area contributed by atoms with Crippen LogP contribution in [-0.4, -0.2) is 47.3 Å². The minimum atomic E-state index is -1.12. The van der Waals surface area contributed by atoms with Crippen molar-refractivity contribution in [3.63, 3.8) is 0 Å². The van der Waals surface area contributed by atoms with Crippen molar-refractivity contribution in [3.05, 3.63) is 58.9 Å². The molecule has 2 aromatic rings. The largest absolute Gasteiger partial charge is 0.491 e. The van der Waals surface area contributed by atoms with Crippen molar-refractivity contribution in [1.82, 2.24) is 10.3 Å². The molecule has 2 rings (SSSR count). The number of aliphatic hydroxyl groups excluding tert-OH is 1. The molecule has 0 spiro atoms. The molecule has 0 saturated heterocycles. The fraction of sp³-hybridized carbons (Fsp3) is 0.235. The van der Waals surface area contributed by atoms with Gasteiger partial charge in [-0.05, 0) is 29.8 Å². The van der Waals surface area contributed by atoms with Gasteiger partial charge in [0.05, 0.1) is 12.2 Å². The van der Waals surface area contributed by atoms with Crippen molar-refractivity contribution in [2.45, 2.75) is 6.42 Å². The van der Waals surface area contributed by atoms with Crippen LogP contribution in [0.15, 0.2) is 36.4 Å². The number of rotatable bonds is 7. The van der Waals surface area contributed by atoms with Crippen LogP contribution in [0.2, 0.25) is 0 Å². The van der Waals surface area contributed by atoms with Gasteiger partial charge in [0.25, 0.3) is 5.91 Å². The standard InChI is InChI=1S/C17H18N2O5/c1-18-16(21)15-10-12(17(22)23)9-13(19-15)7-11-3-2-4-14(8-11)24-6-5-20/h2-4,8-10,20H,5-7H2,1H3,(H,18,21)(H,22,23). The fourth-order valence-corrected chi connectivity index (χ4v) is 2.16. The van der Waals surface area contributed by atoms with Crippen LogP contribution in [0, 0.1) is 0 Å². The van der Waals surface area contributed by atoms with E-state index < -0.39 is 11.9 Å². The molecule has 24 heavy (non-hydrogen) atoms. The summed E-state index contributed by atoms with van der Waals surface area (Å²) in [6.07, 6.45) is 0.349. The molecule has 0 aliphatic heterocycles. The van der Waals surface area contributed by atoms with Crippen molar-refractivity contribution in [1.29, 1.82) is 0 Å². The van der Waals surface area contributed by atoms with Crippen LogP contribution in [-0.2, 0) is 6.42 Å². The molecule has 1 amide bonds. The van der Waals surface area contributed by atoms with Crippen molar-refractivity contribution >= 4 is 11.9 Å². The molecule has 126 valence electrons. The van der Waals surface area contributed by atoms with Gasteiger partial charge in [-0.15, -0.1) is 0 Å². The predicted octanol–water partition coefficient (Wildman–Crippen LogP) is 1.10. The summed E-state index contributed by atoms with van der Waals surface area (Å²) in [5.74, 6) is -0.967. The maximum Gasteiger partial charge on any atom is 0.335 e. The lowest BCUT2D eigenvalue weighted by Crippen LogP contribution is -2.20. The van der Waals surface area contributed by atoms with E-state index in [0.717, 1.165) is 5.56 Å². The molecule has 3 N–H and O–H groups in total. The van der Waals surface area contributed by atoms with Crippen molar-refractivity contribution < 1.29 is 24.5 Å². The third-order valence-corrected chi connectivity index (χ3v) is 3.23. The molecule has 0 radical (unpaired) electrons. The maximum absolute atomic E-state index is 11.8. The highest BCUT2D eigenvalue weighted by molar-refractivity contribution is 5.95. The van der Waals surface area contributed by atoms with Crippen LogP contribution in [0.3, 0.4) is 0 Å². The van der Waals surface area contributed by atoms with Gasteiger partial charge in [-0.3, -0.25) is 4.79 Å². The van der Waals surface area contributed by atoms with E-state index in [4.69, 9.17) is 9.84 Å². The molecule has 0 fully saturated rings. The number of amides is 1. The van der Waals surface area contributed by atoms with Gasteiger partial charge in [-0.25, -0.2) is 9.78 Å². The lowest BCUT2D eigenvalue weighted by atomic mass is 10.1. The van der Waals surface area contributed by atoms with Crippen LogP contribution < -0.4 is 10.1 Å². The first kappa shape index (κ1) is 17.4. The van der Waals surface area contributed by atoms with E-state index in [-0.39, 0.29) is 24.5 Å². The number of carboxylic acids is 1. The minimum Gasteiger partial charge on any atom is -0.491 e. The highest BCUT2D eigenvalue weighted by Gasteiger charge is 2.13. The van der Waals surface area contributed by atoms with E-state index in [2.05, 4.69) is 10.3 Å². The number of nitrogens with zero attached hydrogens (tertiary/aromatic N) is 1. The van der Waals surface area contributed by atoms with Crippen LogP contribution in [0.1, 0.15) is 32.1 Å². The number of pyridine rings is 1. The fourth-order valence-electron chi connectivity index (χ4n) is 2.16. The van der Waals surface area contributed by atoms with Crippen LogP contribution >= 0.6 is 0 Å². The number of benzene rings is 1. The Bertz CT molecular complexity index is 746. The number of aromatic nitrogens is 1. The molecule has 1 aromatic heterocycles. The molecule has 0 aliphatic rings. The zero-order valence-corrected chi connectivity index (χ0v) is 13.2. The summed E-state index contributed by atoms with van der Waals surface area (Å²) in [7, 11) is 1.46. The number of carboxylic acid groups (broad SMARTS) is 1. The van der Waals surface area contributed by atoms with Gasteiger partial charge in [-0.1, -0.05) is 12.1 Å².